The summed E-state index contributed by atoms with van der Waals surface area (Å²) in [4.78, 5) is 24.0. The van der Waals surface area contributed by atoms with Crippen LogP contribution in [0.4, 0.5) is 4.39 Å². The first-order valence-electron chi connectivity index (χ1n) is 7.27. The Hall–Kier alpha value is -2.21. The first-order valence-corrected chi connectivity index (χ1v) is 7.27. The second-order valence-corrected chi connectivity index (χ2v) is 5.44. The van der Waals surface area contributed by atoms with Crippen molar-refractivity contribution in [1.29, 1.82) is 0 Å². The molecule has 0 bridgehead atoms. The molecule has 1 aromatic carbocycles. The van der Waals surface area contributed by atoms with Gasteiger partial charge in [-0.25, -0.2) is 4.39 Å². The SMILES string of the molecule is CC(=O)n1cc(C(=O)NCC2CCCO2)c2ccc(F)cc21. The zero-order valence-electron chi connectivity index (χ0n) is 12.3. The van der Waals surface area contributed by atoms with Crippen molar-refractivity contribution in [3.63, 3.8) is 0 Å². The minimum absolute atomic E-state index is 0.0440. The van der Waals surface area contributed by atoms with E-state index in [-0.39, 0.29) is 17.9 Å². The van der Waals surface area contributed by atoms with Gasteiger partial charge in [-0.05, 0) is 31.0 Å². The normalized spacial score (nSPS) is 17.8. The predicted molar refractivity (Wildman–Crippen MR) is 79.5 cm³/mol. The third kappa shape index (κ3) is 2.74. The average Bonchev–Trinajstić information content (AvgIpc) is 3.11. The summed E-state index contributed by atoms with van der Waals surface area (Å²) in [6, 6.07) is 4.06. The van der Waals surface area contributed by atoms with E-state index in [9.17, 15) is 14.0 Å². The number of amides is 1. The maximum absolute atomic E-state index is 13.4. The molecule has 0 spiro atoms. The predicted octanol–water partition coefficient (Wildman–Crippen LogP) is 2.35. The van der Waals surface area contributed by atoms with E-state index in [1.165, 1.54) is 35.9 Å². The molecule has 1 N–H and O–H groups in total. The molecule has 1 aliphatic heterocycles. The lowest BCUT2D eigenvalue weighted by molar-refractivity contribution is 0.0859. The highest BCUT2D eigenvalue weighted by Crippen LogP contribution is 2.23. The van der Waals surface area contributed by atoms with Crippen LogP contribution in [0.15, 0.2) is 24.4 Å². The fourth-order valence-corrected chi connectivity index (χ4v) is 2.75. The number of ether oxygens (including phenoxy) is 1. The Bertz CT molecular complexity index is 732. The minimum Gasteiger partial charge on any atom is -0.376 e. The first kappa shape index (κ1) is 14.7. The van der Waals surface area contributed by atoms with Gasteiger partial charge < -0.3 is 10.1 Å². The molecule has 1 amide bonds. The summed E-state index contributed by atoms with van der Waals surface area (Å²) in [7, 11) is 0. The maximum Gasteiger partial charge on any atom is 0.253 e. The van der Waals surface area contributed by atoms with Crippen LogP contribution in [0.5, 0.6) is 0 Å². The van der Waals surface area contributed by atoms with Crippen LogP contribution in [-0.4, -0.2) is 35.6 Å². The fourth-order valence-electron chi connectivity index (χ4n) is 2.75. The van der Waals surface area contributed by atoms with E-state index in [1.807, 2.05) is 0 Å². The topological polar surface area (TPSA) is 60.3 Å². The van der Waals surface area contributed by atoms with Crippen LogP contribution >= 0.6 is 0 Å². The van der Waals surface area contributed by atoms with Gasteiger partial charge >= 0.3 is 0 Å². The van der Waals surface area contributed by atoms with Crippen molar-refractivity contribution < 1.29 is 18.7 Å². The molecule has 22 heavy (non-hydrogen) atoms. The largest absolute Gasteiger partial charge is 0.376 e. The van der Waals surface area contributed by atoms with Gasteiger partial charge in [-0.2, -0.15) is 0 Å². The Labute approximate surface area is 127 Å². The van der Waals surface area contributed by atoms with E-state index in [1.54, 1.807) is 0 Å². The van der Waals surface area contributed by atoms with Crippen molar-refractivity contribution in [2.75, 3.05) is 13.2 Å². The number of hydrogen-bond acceptors (Lipinski definition) is 3. The van der Waals surface area contributed by atoms with Gasteiger partial charge in [0.05, 0.1) is 17.2 Å². The second-order valence-electron chi connectivity index (χ2n) is 5.44. The molecule has 1 saturated heterocycles. The minimum atomic E-state index is -0.445. The van der Waals surface area contributed by atoms with Crippen LogP contribution in [0.1, 0.15) is 34.9 Å². The van der Waals surface area contributed by atoms with Gasteiger partial charge in [0.15, 0.2) is 0 Å². The number of hydrogen-bond donors (Lipinski definition) is 1. The third-order valence-electron chi connectivity index (χ3n) is 3.87. The number of carbonyl (C=O) groups excluding carboxylic acids is 2. The highest BCUT2D eigenvalue weighted by Gasteiger charge is 2.20. The van der Waals surface area contributed by atoms with Gasteiger partial charge in [0.2, 0.25) is 5.91 Å². The lowest BCUT2D eigenvalue weighted by Gasteiger charge is -2.10. The highest BCUT2D eigenvalue weighted by atomic mass is 19.1. The van der Waals surface area contributed by atoms with E-state index >= 15 is 0 Å². The first-order chi connectivity index (χ1) is 10.6. The number of fused-ring (bicyclic) bond motifs is 1. The second kappa shape index (κ2) is 5.88. The van der Waals surface area contributed by atoms with Gasteiger partial charge in [0, 0.05) is 31.7 Å². The summed E-state index contributed by atoms with van der Waals surface area (Å²) in [5.74, 6) is -1.000. The Morgan fingerprint density at radius 1 is 1.45 bits per heavy atom. The Kier molecular flexibility index (Phi) is 3.94. The van der Waals surface area contributed by atoms with E-state index in [2.05, 4.69) is 5.32 Å². The molecular weight excluding hydrogens is 287 g/mol. The molecule has 1 aromatic heterocycles. The number of benzene rings is 1. The molecule has 0 radical (unpaired) electrons. The quantitative estimate of drug-likeness (QED) is 0.947. The molecular formula is C16H17FN2O3. The van der Waals surface area contributed by atoms with E-state index in [0.29, 0.717) is 23.0 Å². The number of nitrogens with one attached hydrogen (secondary N) is 1. The Morgan fingerprint density at radius 3 is 2.95 bits per heavy atom. The van der Waals surface area contributed by atoms with Crippen molar-refractivity contribution >= 4 is 22.7 Å². The van der Waals surface area contributed by atoms with E-state index in [4.69, 9.17) is 4.74 Å². The number of halogens is 1. The van der Waals surface area contributed by atoms with Gasteiger partial charge in [-0.15, -0.1) is 0 Å². The summed E-state index contributed by atoms with van der Waals surface area (Å²) in [6.45, 7) is 2.54. The number of carbonyl (C=O) groups is 2. The lowest BCUT2D eigenvalue weighted by atomic mass is 10.1. The van der Waals surface area contributed by atoms with Gasteiger partial charge in [0.25, 0.3) is 5.91 Å². The van der Waals surface area contributed by atoms with Crippen molar-refractivity contribution in [2.45, 2.75) is 25.9 Å². The molecule has 2 aromatic rings. The number of aromatic nitrogens is 1. The van der Waals surface area contributed by atoms with Crippen LogP contribution in [0.3, 0.4) is 0 Å². The summed E-state index contributed by atoms with van der Waals surface area (Å²) in [6.07, 6.45) is 3.43. The van der Waals surface area contributed by atoms with Crippen molar-refractivity contribution in [2.24, 2.45) is 0 Å². The van der Waals surface area contributed by atoms with E-state index < -0.39 is 5.82 Å². The van der Waals surface area contributed by atoms with Crippen LogP contribution in [0.2, 0.25) is 0 Å². The monoisotopic (exact) mass is 304 g/mol. The molecule has 1 aliphatic rings. The lowest BCUT2D eigenvalue weighted by Crippen LogP contribution is -2.31. The number of nitrogens with zero attached hydrogens (tertiary/aromatic N) is 1. The fraction of sp³-hybridized carbons (Fsp3) is 0.375. The van der Waals surface area contributed by atoms with Crippen LogP contribution in [0.25, 0.3) is 10.9 Å². The third-order valence-corrected chi connectivity index (χ3v) is 3.87. The van der Waals surface area contributed by atoms with Gasteiger partial charge in [-0.3, -0.25) is 14.2 Å². The summed E-state index contributed by atoms with van der Waals surface area (Å²) < 4.78 is 20.2. The average molecular weight is 304 g/mol. The molecule has 3 rings (SSSR count). The molecule has 5 nitrogen and oxygen atoms in total. The summed E-state index contributed by atoms with van der Waals surface area (Å²) in [5.41, 5.74) is 0.762. The van der Waals surface area contributed by atoms with Crippen LogP contribution in [-0.2, 0) is 4.74 Å². The van der Waals surface area contributed by atoms with Crippen molar-refractivity contribution in [3.05, 3.63) is 35.8 Å². The standard InChI is InChI=1S/C16H17FN2O3/c1-10(20)19-9-14(13-5-4-11(17)7-15(13)19)16(21)18-8-12-3-2-6-22-12/h4-5,7,9,12H,2-3,6,8H2,1H3,(H,18,21). The molecule has 1 atom stereocenters. The summed E-state index contributed by atoms with van der Waals surface area (Å²) >= 11 is 0. The van der Waals surface area contributed by atoms with Crippen molar-refractivity contribution in [1.82, 2.24) is 9.88 Å². The molecule has 0 saturated carbocycles. The van der Waals surface area contributed by atoms with Crippen molar-refractivity contribution in [3.8, 4) is 0 Å². The summed E-state index contributed by atoms with van der Waals surface area (Å²) in [5, 5.41) is 3.37. The molecule has 6 heteroatoms. The molecule has 116 valence electrons. The zero-order chi connectivity index (χ0) is 15.7. The maximum atomic E-state index is 13.4. The van der Waals surface area contributed by atoms with Gasteiger partial charge in [0.1, 0.15) is 5.82 Å². The molecule has 2 heterocycles. The highest BCUT2D eigenvalue weighted by molar-refractivity contribution is 6.09. The van der Waals surface area contributed by atoms with Crippen LogP contribution < -0.4 is 5.32 Å². The van der Waals surface area contributed by atoms with Crippen LogP contribution in [0, 0.1) is 5.82 Å². The molecule has 1 fully saturated rings. The molecule has 1 unspecified atom stereocenters. The smallest absolute Gasteiger partial charge is 0.253 e. The van der Waals surface area contributed by atoms with E-state index in [0.717, 1.165) is 19.4 Å². The number of rotatable bonds is 3. The Balaban J connectivity index is 1.89. The zero-order valence-corrected chi connectivity index (χ0v) is 12.3. The molecule has 0 aliphatic carbocycles. The Morgan fingerprint density at radius 2 is 2.27 bits per heavy atom. The van der Waals surface area contributed by atoms with Gasteiger partial charge in [-0.1, -0.05) is 0 Å².